The van der Waals surface area contributed by atoms with Gasteiger partial charge in [-0.25, -0.2) is 8.78 Å². The second-order valence-corrected chi connectivity index (χ2v) is 6.75. The first-order chi connectivity index (χ1) is 12.1. The highest BCUT2D eigenvalue weighted by Crippen LogP contribution is 2.10. The van der Waals surface area contributed by atoms with E-state index in [0.29, 0.717) is 13.1 Å². The van der Waals surface area contributed by atoms with Gasteiger partial charge in [0.05, 0.1) is 12.1 Å². The van der Waals surface area contributed by atoms with Crippen molar-refractivity contribution in [3.8, 4) is 0 Å². The first-order valence-corrected chi connectivity index (χ1v) is 8.93. The van der Waals surface area contributed by atoms with Crippen LogP contribution in [0.3, 0.4) is 0 Å². The normalized spacial score (nSPS) is 16.1. The van der Waals surface area contributed by atoms with Gasteiger partial charge in [0.1, 0.15) is 22.2 Å². The Kier molecular flexibility index (Phi) is 6.00. The molecule has 0 radical (unpaired) electrons. The average Bonchev–Trinajstić information content (AvgIpc) is 3.11. The predicted molar refractivity (Wildman–Crippen MR) is 90.3 cm³/mol. The van der Waals surface area contributed by atoms with E-state index in [4.69, 9.17) is 0 Å². The molecule has 2 heterocycles. The van der Waals surface area contributed by atoms with Crippen LogP contribution in [0.2, 0.25) is 0 Å². The van der Waals surface area contributed by atoms with Gasteiger partial charge >= 0.3 is 0 Å². The standard InChI is InChI=1S/C16H19F2N5OS/c17-12-1-2-14(18)13(9-12)16(24)19-3-4-22-5-7-23(8-6-22)10-15-21-20-11-25-15/h1-2,9,11H,3-8,10H2,(H,19,24). The summed E-state index contributed by atoms with van der Waals surface area (Å²) in [6, 6.07) is 2.87. The van der Waals surface area contributed by atoms with Gasteiger partial charge < -0.3 is 5.32 Å². The second kappa shape index (κ2) is 8.41. The maximum atomic E-state index is 13.5. The number of nitrogens with one attached hydrogen (secondary N) is 1. The number of hydrogen-bond donors (Lipinski definition) is 1. The maximum Gasteiger partial charge on any atom is 0.254 e. The zero-order valence-electron chi connectivity index (χ0n) is 13.6. The molecule has 1 aromatic heterocycles. The number of carbonyl (C=O) groups excluding carboxylic acids is 1. The molecule has 9 heteroatoms. The molecule has 134 valence electrons. The molecule has 2 aromatic rings. The van der Waals surface area contributed by atoms with Crippen molar-refractivity contribution in [1.82, 2.24) is 25.3 Å². The van der Waals surface area contributed by atoms with Crippen molar-refractivity contribution in [2.45, 2.75) is 6.54 Å². The lowest BCUT2D eigenvalue weighted by Gasteiger charge is -2.34. The highest BCUT2D eigenvalue weighted by Gasteiger charge is 2.18. The monoisotopic (exact) mass is 367 g/mol. The van der Waals surface area contributed by atoms with Crippen molar-refractivity contribution < 1.29 is 13.6 Å². The molecule has 0 aliphatic carbocycles. The van der Waals surface area contributed by atoms with Gasteiger partial charge in [-0.3, -0.25) is 14.6 Å². The fraction of sp³-hybridized carbons (Fsp3) is 0.438. The number of hydrogen-bond acceptors (Lipinski definition) is 6. The van der Waals surface area contributed by atoms with Crippen LogP contribution < -0.4 is 5.32 Å². The minimum absolute atomic E-state index is 0.262. The minimum atomic E-state index is -0.718. The lowest BCUT2D eigenvalue weighted by molar-refractivity contribution is 0.0929. The highest BCUT2D eigenvalue weighted by atomic mass is 32.1. The quantitative estimate of drug-likeness (QED) is 0.836. The SMILES string of the molecule is O=C(NCCN1CCN(Cc2nncs2)CC1)c1cc(F)ccc1F. The van der Waals surface area contributed by atoms with Crippen molar-refractivity contribution in [3.63, 3.8) is 0 Å². The zero-order chi connectivity index (χ0) is 17.6. The van der Waals surface area contributed by atoms with Crippen LogP contribution >= 0.6 is 11.3 Å². The second-order valence-electron chi connectivity index (χ2n) is 5.83. The van der Waals surface area contributed by atoms with Crippen molar-refractivity contribution in [2.75, 3.05) is 39.3 Å². The molecule has 25 heavy (non-hydrogen) atoms. The van der Waals surface area contributed by atoms with Gasteiger partial charge in [0, 0.05) is 39.3 Å². The molecule has 1 aliphatic heterocycles. The number of nitrogens with zero attached hydrogens (tertiary/aromatic N) is 4. The van der Waals surface area contributed by atoms with Crippen molar-refractivity contribution >= 4 is 17.2 Å². The minimum Gasteiger partial charge on any atom is -0.351 e. The van der Waals surface area contributed by atoms with Gasteiger partial charge in [-0.15, -0.1) is 21.5 Å². The molecule has 6 nitrogen and oxygen atoms in total. The van der Waals surface area contributed by atoms with Crippen LogP contribution in [0.1, 0.15) is 15.4 Å². The summed E-state index contributed by atoms with van der Waals surface area (Å²) in [5, 5.41) is 11.5. The van der Waals surface area contributed by atoms with E-state index >= 15 is 0 Å². The summed E-state index contributed by atoms with van der Waals surface area (Å²) in [7, 11) is 0. The van der Waals surface area contributed by atoms with Crippen LogP contribution in [0.4, 0.5) is 8.78 Å². The Bertz CT molecular complexity index is 705. The van der Waals surface area contributed by atoms with E-state index in [2.05, 4.69) is 25.3 Å². The molecule has 1 saturated heterocycles. The number of aromatic nitrogens is 2. The number of halogens is 2. The van der Waals surface area contributed by atoms with Crippen LogP contribution in [-0.4, -0.2) is 65.2 Å². The fourth-order valence-electron chi connectivity index (χ4n) is 2.72. The van der Waals surface area contributed by atoms with E-state index in [0.717, 1.165) is 55.9 Å². The average molecular weight is 367 g/mol. The predicted octanol–water partition coefficient (Wildman–Crippen LogP) is 1.36. The molecule has 0 bridgehead atoms. The first kappa shape index (κ1) is 17.8. The van der Waals surface area contributed by atoms with Crippen molar-refractivity contribution in [1.29, 1.82) is 0 Å². The molecule has 0 spiro atoms. The highest BCUT2D eigenvalue weighted by molar-refractivity contribution is 7.09. The fourth-order valence-corrected chi connectivity index (χ4v) is 3.29. The van der Waals surface area contributed by atoms with E-state index in [-0.39, 0.29) is 5.56 Å². The number of benzene rings is 1. The maximum absolute atomic E-state index is 13.5. The molecule has 1 fully saturated rings. The number of piperazine rings is 1. The Hall–Kier alpha value is -1.97. The van der Waals surface area contributed by atoms with E-state index in [1.807, 2.05) is 0 Å². The third-order valence-electron chi connectivity index (χ3n) is 4.12. The third-order valence-corrected chi connectivity index (χ3v) is 4.80. The summed E-state index contributed by atoms with van der Waals surface area (Å²) >= 11 is 1.55. The molecular weight excluding hydrogens is 348 g/mol. The lowest BCUT2D eigenvalue weighted by Crippen LogP contribution is -2.48. The van der Waals surface area contributed by atoms with Crippen LogP contribution in [0.15, 0.2) is 23.7 Å². The molecule has 3 rings (SSSR count). The van der Waals surface area contributed by atoms with E-state index in [9.17, 15) is 13.6 Å². The van der Waals surface area contributed by atoms with Crippen molar-refractivity contribution in [3.05, 3.63) is 45.9 Å². The number of amides is 1. The molecule has 1 N–H and O–H groups in total. The summed E-state index contributed by atoms with van der Waals surface area (Å²) in [4.78, 5) is 16.5. The Morgan fingerprint density at radius 2 is 1.96 bits per heavy atom. The van der Waals surface area contributed by atoms with Gasteiger partial charge in [0.15, 0.2) is 0 Å². The summed E-state index contributed by atoms with van der Waals surface area (Å²) in [5.74, 6) is -1.94. The molecule has 0 unspecified atom stereocenters. The molecule has 0 atom stereocenters. The molecule has 0 saturated carbocycles. The Balaban J connectivity index is 1.38. The Morgan fingerprint density at radius 3 is 2.68 bits per heavy atom. The Labute approximate surface area is 148 Å². The first-order valence-electron chi connectivity index (χ1n) is 8.05. The van der Waals surface area contributed by atoms with Gasteiger partial charge in [-0.2, -0.15) is 0 Å². The van der Waals surface area contributed by atoms with Crippen LogP contribution in [0.5, 0.6) is 0 Å². The van der Waals surface area contributed by atoms with Crippen LogP contribution in [0.25, 0.3) is 0 Å². The molecular formula is C16H19F2N5OS. The number of rotatable bonds is 6. The van der Waals surface area contributed by atoms with Gasteiger partial charge in [-0.05, 0) is 18.2 Å². The van der Waals surface area contributed by atoms with E-state index < -0.39 is 17.5 Å². The van der Waals surface area contributed by atoms with Crippen LogP contribution in [0, 0.1) is 11.6 Å². The van der Waals surface area contributed by atoms with Gasteiger partial charge in [-0.1, -0.05) is 0 Å². The smallest absolute Gasteiger partial charge is 0.254 e. The molecule has 1 aliphatic rings. The summed E-state index contributed by atoms with van der Waals surface area (Å²) in [5.41, 5.74) is 1.47. The lowest BCUT2D eigenvalue weighted by atomic mass is 10.2. The summed E-state index contributed by atoms with van der Waals surface area (Å²) in [6.07, 6.45) is 0. The summed E-state index contributed by atoms with van der Waals surface area (Å²) in [6.45, 7) is 5.51. The van der Waals surface area contributed by atoms with Crippen LogP contribution in [-0.2, 0) is 6.54 Å². The van der Waals surface area contributed by atoms with E-state index in [1.165, 1.54) is 0 Å². The third kappa shape index (κ3) is 5.00. The number of carbonyl (C=O) groups is 1. The Morgan fingerprint density at radius 1 is 1.20 bits per heavy atom. The topological polar surface area (TPSA) is 61.4 Å². The molecule has 1 amide bonds. The largest absolute Gasteiger partial charge is 0.351 e. The van der Waals surface area contributed by atoms with E-state index in [1.54, 1.807) is 16.8 Å². The zero-order valence-corrected chi connectivity index (χ0v) is 14.4. The van der Waals surface area contributed by atoms with Crippen molar-refractivity contribution in [2.24, 2.45) is 0 Å². The molecule has 1 aromatic carbocycles. The van der Waals surface area contributed by atoms with Gasteiger partial charge in [0.2, 0.25) is 0 Å². The van der Waals surface area contributed by atoms with Gasteiger partial charge in [0.25, 0.3) is 5.91 Å². The summed E-state index contributed by atoms with van der Waals surface area (Å²) < 4.78 is 26.7.